The summed E-state index contributed by atoms with van der Waals surface area (Å²) < 4.78 is 13.0. The molecule has 228 valence electrons. The summed E-state index contributed by atoms with van der Waals surface area (Å²) in [7, 11) is 0. The average molecular weight is 580 g/mol. The summed E-state index contributed by atoms with van der Waals surface area (Å²) in [6.45, 7) is 16.9. The smallest absolute Gasteiger partial charge is 0.416 e. The molecule has 0 saturated carbocycles. The van der Waals surface area contributed by atoms with Gasteiger partial charge in [-0.25, -0.2) is 14.6 Å². The van der Waals surface area contributed by atoms with Crippen LogP contribution in [0.4, 0.5) is 26.9 Å². The van der Waals surface area contributed by atoms with Crippen LogP contribution in [0.3, 0.4) is 0 Å². The minimum Gasteiger partial charge on any atom is -0.444 e. The van der Waals surface area contributed by atoms with Crippen LogP contribution in [0.5, 0.6) is 0 Å². The number of carbonyl (C=O) groups excluding carboxylic acids is 2. The molecular weight excluding hydrogens is 534 g/mol. The van der Waals surface area contributed by atoms with E-state index in [2.05, 4.69) is 29.2 Å². The number of amides is 2. The van der Waals surface area contributed by atoms with Gasteiger partial charge in [-0.15, -0.1) is 0 Å². The lowest BCUT2D eigenvalue weighted by molar-refractivity contribution is 0.0495. The molecule has 1 aromatic carbocycles. The van der Waals surface area contributed by atoms with Gasteiger partial charge in [-0.05, 0) is 78.0 Å². The van der Waals surface area contributed by atoms with Crippen LogP contribution in [0, 0.1) is 0 Å². The molecule has 11 nitrogen and oxygen atoms in total. The number of rotatable bonds is 6. The first-order valence-electron chi connectivity index (χ1n) is 14.6. The van der Waals surface area contributed by atoms with E-state index in [-0.39, 0.29) is 18.5 Å². The Balaban J connectivity index is 1.70. The van der Waals surface area contributed by atoms with Crippen molar-refractivity contribution in [2.75, 3.05) is 28.6 Å². The number of fused-ring (bicyclic) bond motifs is 1. The van der Waals surface area contributed by atoms with Crippen LogP contribution in [0.1, 0.15) is 85.3 Å². The quantitative estimate of drug-likeness (QED) is 0.347. The highest BCUT2D eigenvalue weighted by atomic mass is 16.6. The van der Waals surface area contributed by atoms with Gasteiger partial charge >= 0.3 is 12.2 Å². The largest absolute Gasteiger partial charge is 0.444 e. The molecule has 0 radical (unpaired) electrons. The first-order chi connectivity index (χ1) is 19.6. The first-order valence-corrected chi connectivity index (χ1v) is 14.6. The van der Waals surface area contributed by atoms with Crippen molar-refractivity contribution >= 4 is 35.2 Å². The van der Waals surface area contributed by atoms with Crippen LogP contribution in [0.15, 0.2) is 36.5 Å². The predicted molar refractivity (Wildman–Crippen MR) is 165 cm³/mol. The topological polar surface area (TPSA) is 127 Å². The Kier molecular flexibility index (Phi) is 8.89. The number of carbonyl (C=O) groups is 2. The van der Waals surface area contributed by atoms with E-state index >= 15 is 0 Å². The molecule has 1 saturated heterocycles. The number of benzene rings is 1. The maximum absolute atomic E-state index is 13.7. The van der Waals surface area contributed by atoms with E-state index in [0.29, 0.717) is 30.2 Å². The highest BCUT2D eigenvalue weighted by molar-refractivity contribution is 5.88. The van der Waals surface area contributed by atoms with Crippen molar-refractivity contribution in [3.05, 3.63) is 47.7 Å². The predicted octanol–water partition coefficient (Wildman–Crippen LogP) is 5.87. The Bertz CT molecular complexity index is 1410. The van der Waals surface area contributed by atoms with E-state index in [1.165, 1.54) is 0 Å². The van der Waals surface area contributed by atoms with E-state index in [1.54, 1.807) is 9.42 Å². The molecule has 3 N–H and O–H groups in total. The zero-order chi connectivity index (χ0) is 30.8. The zero-order valence-corrected chi connectivity index (χ0v) is 26.1. The molecule has 2 amide bonds. The second kappa shape index (κ2) is 12.1. The summed E-state index contributed by atoms with van der Waals surface area (Å²) >= 11 is 0. The van der Waals surface area contributed by atoms with Gasteiger partial charge in [0, 0.05) is 36.4 Å². The van der Waals surface area contributed by atoms with E-state index in [1.807, 2.05) is 78.1 Å². The zero-order valence-electron chi connectivity index (χ0n) is 26.1. The molecule has 3 aromatic rings. The number of ether oxygens (including phenoxy) is 2. The van der Waals surface area contributed by atoms with Crippen molar-refractivity contribution in [1.29, 1.82) is 0 Å². The number of hydrogen-bond acceptors (Lipinski definition) is 8. The third kappa shape index (κ3) is 7.83. The van der Waals surface area contributed by atoms with Crippen LogP contribution in [0.2, 0.25) is 0 Å². The van der Waals surface area contributed by atoms with Crippen molar-refractivity contribution in [3.63, 3.8) is 0 Å². The minimum absolute atomic E-state index is 0.00212. The summed E-state index contributed by atoms with van der Waals surface area (Å²) in [4.78, 5) is 34.8. The van der Waals surface area contributed by atoms with Gasteiger partial charge < -0.3 is 25.4 Å². The molecule has 11 heteroatoms. The molecule has 1 aliphatic heterocycles. The van der Waals surface area contributed by atoms with Crippen molar-refractivity contribution in [3.8, 4) is 0 Å². The Hall–Kier alpha value is -4.02. The van der Waals surface area contributed by atoms with Crippen molar-refractivity contribution in [2.45, 2.75) is 97.9 Å². The number of nitrogens with zero attached hydrogens (tertiary/aromatic N) is 5. The SMILES string of the molecule is CC(C)c1cnn2c(N(Cc3cccc(N)c3)C(=O)OC(C)(C)C)cc(N3CCC(NC(=O)OC(C)(C)C)CC3)nc12. The highest BCUT2D eigenvalue weighted by Crippen LogP contribution is 2.31. The molecule has 0 unspecified atom stereocenters. The van der Waals surface area contributed by atoms with Gasteiger partial charge in [0.25, 0.3) is 0 Å². The maximum atomic E-state index is 13.7. The molecular formula is C31H45N7O4. The second-order valence-corrected chi connectivity index (χ2v) is 13.2. The lowest BCUT2D eigenvalue weighted by Gasteiger charge is -2.34. The second-order valence-electron chi connectivity index (χ2n) is 13.2. The summed E-state index contributed by atoms with van der Waals surface area (Å²) in [6.07, 6.45) is 2.38. The lowest BCUT2D eigenvalue weighted by Crippen LogP contribution is -2.46. The summed E-state index contributed by atoms with van der Waals surface area (Å²) in [5.74, 6) is 1.45. The standard InChI is InChI=1S/C31H45N7O4/c1-20(2)24-18-33-38-26(37(29(40)42-31(6,7)8)19-21-10-9-11-22(32)16-21)17-25(35-27(24)38)36-14-12-23(13-15-36)34-28(39)41-30(3,4)5/h9-11,16-18,20,23H,12-15,19,32H2,1-8H3,(H,34,39). The fourth-order valence-electron chi connectivity index (χ4n) is 4.87. The van der Waals surface area contributed by atoms with E-state index in [0.717, 1.165) is 29.8 Å². The van der Waals surface area contributed by atoms with Crippen LogP contribution in [-0.2, 0) is 16.0 Å². The van der Waals surface area contributed by atoms with Crippen LogP contribution < -0.4 is 20.9 Å². The summed E-state index contributed by atoms with van der Waals surface area (Å²) in [5.41, 5.74) is 7.96. The van der Waals surface area contributed by atoms with Crippen molar-refractivity contribution in [2.24, 2.45) is 0 Å². The van der Waals surface area contributed by atoms with Gasteiger partial charge in [0.15, 0.2) is 5.65 Å². The van der Waals surface area contributed by atoms with Crippen molar-refractivity contribution < 1.29 is 19.1 Å². The highest BCUT2D eigenvalue weighted by Gasteiger charge is 2.30. The summed E-state index contributed by atoms with van der Waals surface area (Å²) in [6, 6.07) is 9.35. The number of nitrogens with one attached hydrogen (secondary N) is 1. The van der Waals surface area contributed by atoms with Crippen LogP contribution in [-0.4, -0.2) is 57.1 Å². The Morgan fingerprint density at radius 3 is 2.33 bits per heavy atom. The van der Waals surface area contributed by atoms with Crippen LogP contribution in [0.25, 0.3) is 5.65 Å². The average Bonchev–Trinajstić information content (AvgIpc) is 3.30. The molecule has 3 heterocycles. The van der Waals surface area contributed by atoms with E-state index in [4.69, 9.17) is 20.2 Å². The molecule has 1 fully saturated rings. The molecule has 0 atom stereocenters. The van der Waals surface area contributed by atoms with Crippen molar-refractivity contribution in [1.82, 2.24) is 19.9 Å². The molecule has 42 heavy (non-hydrogen) atoms. The molecule has 4 rings (SSSR count). The van der Waals surface area contributed by atoms with E-state index in [9.17, 15) is 9.59 Å². The monoisotopic (exact) mass is 579 g/mol. The van der Waals surface area contributed by atoms with Crippen LogP contribution >= 0.6 is 0 Å². The number of alkyl carbamates (subject to hydrolysis) is 1. The van der Waals surface area contributed by atoms with Gasteiger partial charge in [0.2, 0.25) is 0 Å². The fourth-order valence-corrected chi connectivity index (χ4v) is 4.87. The van der Waals surface area contributed by atoms with Gasteiger partial charge in [-0.3, -0.25) is 4.90 Å². The molecule has 0 aliphatic carbocycles. The Morgan fingerprint density at radius 1 is 1.07 bits per heavy atom. The number of piperidine rings is 1. The Labute approximate surface area is 248 Å². The number of hydrogen-bond donors (Lipinski definition) is 2. The van der Waals surface area contributed by atoms with Gasteiger partial charge in [-0.2, -0.15) is 9.61 Å². The lowest BCUT2D eigenvalue weighted by atomic mass is 10.1. The molecule has 1 aliphatic rings. The van der Waals surface area contributed by atoms with Gasteiger partial charge in [-0.1, -0.05) is 26.0 Å². The summed E-state index contributed by atoms with van der Waals surface area (Å²) in [5, 5.41) is 7.65. The third-order valence-electron chi connectivity index (χ3n) is 6.81. The number of nitrogens with two attached hydrogens (primary N) is 1. The molecule has 0 bridgehead atoms. The molecule has 0 spiro atoms. The number of aromatic nitrogens is 3. The minimum atomic E-state index is -0.698. The number of anilines is 3. The van der Waals surface area contributed by atoms with E-state index < -0.39 is 23.4 Å². The normalized spacial score (nSPS) is 14.7. The third-order valence-corrected chi connectivity index (χ3v) is 6.81. The van der Waals surface area contributed by atoms with Gasteiger partial charge in [0.05, 0.1) is 12.7 Å². The van der Waals surface area contributed by atoms with Gasteiger partial charge in [0.1, 0.15) is 22.8 Å². The maximum Gasteiger partial charge on any atom is 0.416 e. The Morgan fingerprint density at radius 2 is 1.74 bits per heavy atom. The first kappa shape index (κ1) is 30.9. The molecule has 2 aromatic heterocycles. The fraction of sp³-hybridized carbons (Fsp3) is 0.548. The number of nitrogen functional groups attached to an aromatic ring is 1.